The molecule has 0 unspecified atom stereocenters. The van der Waals surface area contributed by atoms with Crippen LogP contribution in [0.5, 0.6) is 0 Å². The van der Waals surface area contributed by atoms with Crippen molar-refractivity contribution in [2.75, 3.05) is 13.2 Å². The zero-order valence-corrected chi connectivity index (χ0v) is 10.8. The molecule has 2 fully saturated rings. The van der Waals surface area contributed by atoms with Crippen molar-refractivity contribution < 1.29 is 9.47 Å². The topological polar surface area (TPSA) is 30.5 Å². The summed E-state index contributed by atoms with van der Waals surface area (Å²) in [5.74, 6) is 0.303. The van der Waals surface area contributed by atoms with Gasteiger partial charge >= 0.3 is 0 Å². The highest BCUT2D eigenvalue weighted by Gasteiger charge is 2.42. The average molecular weight is 247 g/mol. The zero-order chi connectivity index (χ0) is 12.6. The van der Waals surface area contributed by atoms with Crippen molar-refractivity contribution in [1.29, 1.82) is 0 Å². The first kappa shape index (κ1) is 12.0. The van der Waals surface area contributed by atoms with E-state index in [0.717, 1.165) is 19.3 Å². The van der Waals surface area contributed by atoms with Gasteiger partial charge in [0.05, 0.1) is 13.2 Å². The Morgan fingerprint density at radius 1 is 1.33 bits per heavy atom. The highest BCUT2D eigenvalue weighted by Crippen LogP contribution is 2.46. The van der Waals surface area contributed by atoms with Crippen molar-refractivity contribution in [1.82, 2.24) is 5.32 Å². The molecule has 0 atom stereocenters. The predicted octanol–water partition coefficient (Wildman–Crippen LogP) is 2.87. The highest BCUT2D eigenvalue weighted by atomic mass is 16.7. The Kier molecular flexibility index (Phi) is 3.04. The first-order valence-electron chi connectivity index (χ1n) is 6.81. The third kappa shape index (κ3) is 2.13. The molecular formula is C15H21NO2. The molecule has 1 N–H and O–H groups in total. The molecule has 1 spiro atoms. The fourth-order valence-corrected chi connectivity index (χ4v) is 2.94. The Balaban J connectivity index is 1.85. The van der Waals surface area contributed by atoms with Gasteiger partial charge in [0.25, 0.3) is 0 Å². The van der Waals surface area contributed by atoms with Gasteiger partial charge in [0.2, 0.25) is 0 Å². The van der Waals surface area contributed by atoms with Crippen LogP contribution in [-0.2, 0) is 9.47 Å². The van der Waals surface area contributed by atoms with Crippen molar-refractivity contribution in [2.45, 2.75) is 37.9 Å². The van der Waals surface area contributed by atoms with E-state index in [-0.39, 0.29) is 5.79 Å². The van der Waals surface area contributed by atoms with Gasteiger partial charge in [0.1, 0.15) is 0 Å². The van der Waals surface area contributed by atoms with Crippen LogP contribution >= 0.6 is 0 Å². The standard InChI is InChI=1S/C15H21NO2/c1-3-16-14-6-7-15(17-8-9-18-15)10-13(14)11(2)12-4-5-12/h3,12,16H,1-2,4-10H2. The first-order chi connectivity index (χ1) is 8.74. The summed E-state index contributed by atoms with van der Waals surface area (Å²) in [5, 5.41) is 3.28. The van der Waals surface area contributed by atoms with E-state index in [1.807, 2.05) is 0 Å². The molecule has 3 nitrogen and oxygen atoms in total. The quantitative estimate of drug-likeness (QED) is 0.828. The van der Waals surface area contributed by atoms with Crippen LogP contribution in [0.25, 0.3) is 0 Å². The normalized spacial score (nSPS) is 26.4. The predicted molar refractivity (Wildman–Crippen MR) is 70.7 cm³/mol. The minimum absolute atomic E-state index is 0.375. The summed E-state index contributed by atoms with van der Waals surface area (Å²) in [6.45, 7) is 9.48. The molecule has 0 aromatic carbocycles. The van der Waals surface area contributed by atoms with E-state index in [0.29, 0.717) is 19.1 Å². The van der Waals surface area contributed by atoms with E-state index in [9.17, 15) is 0 Å². The van der Waals surface area contributed by atoms with Gasteiger partial charge in [0, 0.05) is 18.5 Å². The Labute approximate surface area is 109 Å². The molecule has 98 valence electrons. The lowest BCUT2D eigenvalue weighted by molar-refractivity contribution is -0.163. The van der Waals surface area contributed by atoms with Crippen LogP contribution in [0.2, 0.25) is 0 Å². The van der Waals surface area contributed by atoms with Crippen LogP contribution < -0.4 is 5.32 Å². The highest BCUT2D eigenvalue weighted by molar-refractivity contribution is 5.39. The van der Waals surface area contributed by atoms with Crippen LogP contribution in [0.4, 0.5) is 0 Å². The molecule has 1 heterocycles. The smallest absolute Gasteiger partial charge is 0.172 e. The lowest BCUT2D eigenvalue weighted by atomic mass is 9.85. The van der Waals surface area contributed by atoms with E-state index in [4.69, 9.17) is 9.47 Å². The maximum absolute atomic E-state index is 5.84. The molecule has 3 aliphatic rings. The van der Waals surface area contributed by atoms with Crippen molar-refractivity contribution >= 4 is 0 Å². The third-order valence-corrected chi connectivity index (χ3v) is 4.11. The minimum Gasteiger partial charge on any atom is -0.365 e. The SMILES string of the molecule is C=CNC1=C(C(=C)C2CC2)CC2(CC1)OCCO2. The van der Waals surface area contributed by atoms with Crippen LogP contribution in [0.3, 0.4) is 0 Å². The molecule has 3 rings (SSSR count). The molecular weight excluding hydrogens is 226 g/mol. The fourth-order valence-electron chi connectivity index (χ4n) is 2.94. The molecule has 1 aliphatic heterocycles. The van der Waals surface area contributed by atoms with Gasteiger partial charge < -0.3 is 14.8 Å². The largest absolute Gasteiger partial charge is 0.365 e. The summed E-state index contributed by atoms with van der Waals surface area (Å²) in [6.07, 6.45) is 7.01. The van der Waals surface area contributed by atoms with Crippen LogP contribution in [0.15, 0.2) is 36.2 Å². The Hall–Kier alpha value is -1.06. The number of rotatable bonds is 4. The second-order valence-corrected chi connectivity index (χ2v) is 5.39. The number of hydrogen-bond donors (Lipinski definition) is 1. The summed E-state index contributed by atoms with van der Waals surface area (Å²) in [5.41, 5.74) is 3.84. The molecule has 18 heavy (non-hydrogen) atoms. The molecule has 3 heteroatoms. The van der Waals surface area contributed by atoms with Gasteiger partial charge in [-0.05, 0) is 42.5 Å². The maximum atomic E-state index is 5.84. The maximum Gasteiger partial charge on any atom is 0.172 e. The number of ether oxygens (including phenoxy) is 2. The molecule has 0 bridgehead atoms. The van der Waals surface area contributed by atoms with Crippen LogP contribution in [-0.4, -0.2) is 19.0 Å². The van der Waals surface area contributed by atoms with Crippen molar-refractivity contribution in [3.63, 3.8) is 0 Å². The van der Waals surface area contributed by atoms with Crippen molar-refractivity contribution in [2.24, 2.45) is 5.92 Å². The molecule has 2 aliphatic carbocycles. The Morgan fingerprint density at radius 2 is 2.06 bits per heavy atom. The average Bonchev–Trinajstić information content (AvgIpc) is 3.14. The van der Waals surface area contributed by atoms with Gasteiger partial charge in [-0.2, -0.15) is 0 Å². The second-order valence-electron chi connectivity index (χ2n) is 5.39. The van der Waals surface area contributed by atoms with Gasteiger partial charge in [-0.25, -0.2) is 0 Å². The van der Waals surface area contributed by atoms with E-state index >= 15 is 0 Å². The van der Waals surface area contributed by atoms with E-state index in [1.165, 1.54) is 29.7 Å². The molecule has 1 saturated carbocycles. The summed E-state index contributed by atoms with van der Waals surface area (Å²) in [4.78, 5) is 0. The van der Waals surface area contributed by atoms with Crippen LogP contribution in [0, 0.1) is 5.92 Å². The molecule has 0 aromatic heterocycles. The first-order valence-corrected chi connectivity index (χ1v) is 6.81. The summed E-state index contributed by atoms with van der Waals surface area (Å²) in [7, 11) is 0. The summed E-state index contributed by atoms with van der Waals surface area (Å²) < 4.78 is 11.7. The minimum atomic E-state index is -0.375. The van der Waals surface area contributed by atoms with Gasteiger partial charge in [-0.3, -0.25) is 0 Å². The summed E-state index contributed by atoms with van der Waals surface area (Å²) >= 11 is 0. The van der Waals surface area contributed by atoms with E-state index in [2.05, 4.69) is 18.5 Å². The fraction of sp³-hybridized carbons (Fsp3) is 0.600. The monoisotopic (exact) mass is 247 g/mol. The number of hydrogen-bond acceptors (Lipinski definition) is 3. The Bertz CT molecular complexity index is 401. The Morgan fingerprint density at radius 3 is 2.67 bits per heavy atom. The van der Waals surface area contributed by atoms with Gasteiger partial charge in [0.15, 0.2) is 5.79 Å². The second kappa shape index (κ2) is 4.56. The van der Waals surface area contributed by atoms with Crippen molar-refractivity contribution in [3.8, 4) is 0 Å². The number of nitrogens with one attached hydrogen (secondary N) is 1. The van der Waals surface area contributed by atoms with E-state index < -0.39 is 0 Å². The molecule has 1 saturated heterocycles. The molecule has 0 amide bonds. The zero-order valence-electron chi connectivity index (χ0n) is 10.8. The van der Waals surface area contributed by atoms with Gasteiger partial charge in [-0.15, -0.1) is 0 Å². The molecule has 0 aromatic rings. The summed E-state index contributed by atoms with van der Waals surface area (Å²) in [6, 6.07) is 0. The lowest BCUT2D eigenvalue weighted by Crippen LogP contribution is -2.36. The van der Waals surface area contributed by atoms with Crippen LogP contribution in [0.1, 0.15) is 32.1 Å². The van der Waals surface area contributed by atoms with E-state index in [1.54, 1.807) is 6.20 Å². The lowest BCUT2D eigenvalue weighted by Gasteiger charge is -2.35. The van der Waals surface area contributed by atoms with Gasteiger partial charge in [-0.1, -0.05) is 13.2 Å². The third-order valence-electron chi connectivity index (χ3n) is 4.11. The molecule has 0 radical (unpaired) electrons. The number of allylic oxidation sites excluding steroid dienone is 2. The van der Waals surface area contributed by atoms with Crippen molar-refractivity contribution in [3.05, 3.63) is 36.2 Å².